The number of nitrogens with two attached hydrogens (primary N) is 1. The predicted octanol–water partition coefficient (Wildman–Crippen LogP) is 2.32. The first kappa shape index (κ1) is 40.8. The zero-order valence-corrected chi connectivity index (χ0v) is 27.4. The van der Waals surface area contributed by atoms with Gasteiger partial charge in [-0.25, -0.2) is 4.79 Å². The third-order valence-electron chi connectivity index (χ3n) is 5.29. The standard InChI is InChI=1S/C31H56N2O12/c1-31(2,3)45-30(34)33-8-9-35-10-11-36-12-13-37-14-15-38-16-17-39-18-19-40-20-21-41-22-23-42-24-25-43-26-27-44-29-7-5-4-6-28(29)32/h4-7H,8-27,32H2,1-3H3,(H,33,34). The molecule has 1 aromatic carbocycles. The molecule has 0 saturated heterocycles. The van der Waals surface area contributed by atoms with Crippen LogP contribution in [0.25, 0.3) is 0 Å². The van der Waals surface area contributed by atoms with Crippen LogP contribution in [0.15, 0.2) is 24.3 Å². The Kier molecular flexibility index (Phi) is 26.4. The van der Waals surface area contributed by atoms with Gasteiger partial charge in [0.05, 0.1) is 125 Å². The van der Waals surface area contributed by atoms with E-state index in [2.05, 4.69) is 5.32 Å². The average molecular weight is 649 g/mol. The summed E-state index contributed by atoms with van der Waals surface area (Å²) >= 11 is 0. The van der Waals surface area contributed by atoms with Crippen molar-refractivity contribution in [2.45, 2.75) is 26.4 Å². The topological polar surface area (TPSA) is 157 Å². The van der Waals surface area contributed by atoms with Crippen LogP contribution >= 0.6 is 0 Å². The van der Waals surface area contributed by atoms with Gasteiger partial charge in [-0.15, -0.1) is 0 Å². The van der Waals surface area contributed by atoms with Gasteiger partial charge in [-0.1, -0.05) is 12.1 Å². The van der Waals surface area contributed by atoms with Gasteiger partial charge in [0.15, 0.2) is 0 Å². The van der Waals surface area contributed by atoms with Crippen molar-refractivity contribution in [1.29, 1.82) is 0 Å². The lowest BCUT2D eigenvalue weighted by Crippen LogP contribution is -2.34. The van der Waals surface area contributed by atoms with E-state index in [1.54, 1.807) is 6.07 Å². The van der Waals surface area contributed by atoms with E-state index in [0.717, 1.165) is 0 Å². The van der Waals surface area contributed by atoms with Gasteiger partial charge in [-0.3, -0.25) is 0 Å². The molecular weight excluding hydrogens is 592 g/mol. The molecule has 0 fully saturated rings. The summed E-state index contributed by atoms with van der Waals surface area (Å²) in [6, 6.07) is 7.37. The number of ether oxygens (including phenoxy) is 11. The maximum Gasteiger partial charge on any atom is 0.407 e. The molecule has 262 valence electrons. The Labute approximate surface area is 268 Å². The van der Waals surface area contributed by atoms with Crippen molar-refractivity contribution in [3.63, 3.8) is 0 Å². The lowest BCUT2D eigenvalue weighted by atomic mass is 10.2. The van der Waals surface area contributed by atoms with E-state index < -0.39 is 11.7 Å². The minimum Gasteiger partial charge on any atom is -0.489 e. The molecule has 0 saturated carbocycles. The summed E-state index contributed by atoms with van der Waals surface area (Å²) in [5.74, 6) is 0.665. The first-order valence-corrected chi connectivity index (χ1v) is 15.5. The minimum absolute atomic E-state index is 0.382. The second kappa shape index (κ2) is 29.2. The monoisotopic (exact) mass is 648 g/mol. The van der Waals surface area contributed by atoms with Gasteiger partial charge < -0.3 is 63.2 Å². The van der Waals surface area contributed by atoms with Crippen LogP contribution in [0.1, 0.15) is 20.8 Å². The number of nitrogens with one attached hydrogen (secondary N) is 1. The van der Waals surface area contributed by atoms with E-state index in [1.165, 1.54) is 0 Å². The maximum absolute atomic E-state index is 11.5. The molecule has 0 unspecified atom stereocenters. The number of carbonyl (C=O) groups is 1. The molecule has 0 radical (unpaired) electrons. The number of hydrogen-bond donors (Lipinski definition) is 2. The summed E-state index contributed by atoms with van der Waals surface area (Å²) in [4.78, 5) is 11.5. The van der Waals surface area contributed by atoms with Gasteiger partial charge >= 0.3 is 6.09 Å². The molecule has 1 aromatic rings. The molecule has 0 atom stereocenters. The van der Waals surface area contributed by atoms with Crippen LogP contribution in [0.2, 0.25) is 0 Å². The van der Waals surface area contributed by atoms with Crippen LogP contribution in [0.3, 0.4) is 0 Å². The summed E-state index contributed by atoms with van der Waals surface area (Å²) in [6.07, 6.45) is -0.453. The molecule has 14 heteroatoms. The summed E-state index contributed by atoms with van der Waals surface area (Å²) in [7, 11) is 0. The zero-order chi connectivity index (χ0) is 32.7. The maximum atomic E-state index is 11.5. The molecule has 0 aromatic heterocycles. The third kappa shape index (κ3) is 28.9. The van der Waals surface area contributed by atoms with Crippen LogP contribution in [0.5, 0.6) is 5.75 Å². The van der Waals surface area contributed by atoms with Gasteiger partial charge in [0.1, 0.15) is 18.0 Å². The number of rotatable bonds is 31. The highest BCUT2D eigenvalue weighted by Crippen LogP contribution is 2.19. The van der Waals surface area contributed by atoms with Gasteiger partial charge in [0.25, 0.3) is 0 Å². The third-order valence-corrected chi connectivity index (χ3v) is 5.29. The quantitative estimate of drug-likeness (QED) is 0.0894. The lowest BCUT2D eigenvalue weighted by molar-refractivity contribution is -0.0253. The van der Waals surface area contributed by atoms with Crippen LogP contribution < -0.4 is 15.8 Å². The van der Waals surface area contributed by atoms with E-state index in [9.17, 15) is 4.79 Å². The van der Waals surface area contributed by atoms with E-state index in [1.807, 2.05) is 39.0 Å². The Morgan fingerprint density at radius 3 is 1.24 bits per heavy atom. The van der Waals surface area contributed by atoms with Gasteiger partial charge in [0.2, 0.25) is 0 Å². The van der Waals surface area contributed by atoms with E-state index in [-0.39, 0.29) is 0 Å². The Hall–Kier alpha value is -2.27. The fraction of sp³-hybridized carbons (Fsp3) is 0.774. The van der Waals surface area contributed by atoms with Crippen molar-refractivity contribution in [3.05, 3.63) is 24.3 Å². The Balaban J connectivity index is 1.66. The van der Waals surface area contributed by atoms with Crippen LogP contribution in [0.4, 0.5) is 10.5 Å². The van der Waals surface area contributed by atoms with E-state index in [0.29, 0.717) is 144 Å². The number of benzene rings is 1. The zero-order valence-electron chi connectivity index (χ0n) is 27.4. The van der Waals surface area contributed by atoms with Crippen molar-refractivity contribution in [2.75, 3.05) is 138 Å². The van der Waals surface area contributed by atoms with Gasteiger partial charge in [-0.05, 0) is 32.9 Å². The second-order valence-electron chi connectivity index (χ2n) is 10.3. The number of para-hydroxylation sites is 2. The van der Waals surface area contributed by atoms with Crippen LogP contribution in [-0.2, 0) is 47.4 Å². The normalized spacial score (nSPS) is 11.5. The molecule has 3 N–H and O–H groups in total. The molecule has 0 heterocycles. The highest BCUT2D eigenvalue weighted by atomic mass is 16.6. The summed E-state index contributed by atoms with van der Waals surface area (Å²) < 4.78 is 59.8. The molecule has 45 heavy (non-hydrogen) atoms. The summed E-state index contributed by atoms with van der Waals surface area (Å²) in [5, 5.41) is 2.63. The SMILES string of the molecule is CC(C)(C)OC(=O)NCCOCCOCCOCCOCCOCCOCCOCCOCCOCCOc1ccccc1N. The lowest BCUT2D eigenvalue weighted by Gasteiger charge is -2.19. The molecule has 0 aliphatic carbocycles. The number of carbonyl (C=O) groups excluding carboxylic acids is 1. The van der Waals surface area contributed by atoms with Crippen LogP contribution in [-0.4, -0.2) is 144 Å². The van der Waals surface area contributed by atoms with Crippen molar-refractivity contribution < 1.29 is 56.9 Å². The molecule has 0 bridgehead atoms. The van der Waals surface area contributed by atoms with Crippen molar-refractivity contribution in [1.82, 2.24) is 5.32 Å². The van der Waals surface area contributed by atoms with Gasteiger partial charge in [-0.2, -0.15) is 0 Å². The minimum atomic E-state index is -0.511. The number of anilines is 1. The first-order valence-electron chi connectivity index (χ1n) is 15.5. The number of amides is 1. The highest BCUT2D eigenvalue weighted by Gasteiger charge is 2.15. The molecule has 0 aliphatic rings. The Morgan fingerprint density at radius 1 is 0.556 bits per heavy atom. The second-order valence-corrected chi connectivity index (χ2v) is 10.3. The highest BCUT2D eigenvalue weighted by molar-refractivity contribution is 5.67. The molecular formula is C31H56N2O12. The number of nitrogen functional groups attached to an aromatic ring is 1. The van der Waals surface area contributed by atoms with Gasteiger partial charge in [0, 0.05) is 6.54 Å². The number of hydrogen-bond acceptors (Lipinski definition) is 13. The fourth-order valence-corrected chi connectivity index (χ4v) is 3.22. The van der Waals surface area contributed by atoms with E-state index >= 15 is 0 Å². The van der Waals surface area contributed by atoms with Crippen LogP contribution in [0, 0.1) is 0 Å². The smallest absolute Gasteiger partial charge is 0.407 e. The summed E-state index contributed by atoms with van der Waals surface area (Å²) in [6.45, 7) is 14.9. The van der Waals surface area contributed by atoms with E-state index in [4.69, 9.17) is 57.8 Å². The molecule has 1 amide bonds. The first-order chi connectivity index (χ1) is 21.9. The predicted molar refractivity (Wildman–Crippen MR) is 168 cm³/mol. The van der Waals surface area contributed by atoms with Crippen molar-refractivity contribution >= 4 is 11.8 Å². The average Bonchev–Trinajstić information content (AvgIpc) is 3.00. The van der Waals surface area contributed by atoms with Crippen molar-refractivity contribution in [2.24, 2.45) is 0 Å². The Bertz CT molecular complexity index is 813. The Morgan fingerprint density at radius 2 is 0.889 bits per heavy atom. The number of alkyl carbamates (subject to hydrolysis) is 1. The summed E-state index contributed by atoms with van der Waals surface area (Å²) in [5.41, 5.74) is 5.92. The molecule has 1 rings (SSSR count). The largest absolute Gasteiger partial charge is 0.489 e. The molecule has 0 aliphatic heterocycles. The fourth-order valence-electron chi connectivity index (χ4n) is 3.22. The molecule has 14 nitrogen and oxygen atoms in total. The van der Waals surface area contributed by atoms with Crippen molar-refractivity contribution in [3.8, 4) is 5.75 Å². The molecule has 0 spiro atoms.